The largest absolute Gasteiger partial charge is 0.493 e. The highest BCUT2D eigenvalue weighted by Gasteiger charge is 2.14. The summed E-state index contributed by atoms with van der Waals surface area (Å²) in [5, 5.41) is 4.77. The van der Waals surface area contributed by atoms with Crippen LogP contribution in [0, 0.1) is 6.92 Å². The molecule has 6 nitrogen and oxygen atoms in total. The van der Waals surface area contributed by atoms with Crippen molar-refractivity contribution in [3.05, 3.63) is 53.5 Å². The molecule has 0 aliphatic heterocycles. The van der Waals surface area contributed by atoms with Crippen molar-refractivity contribution >= 4 is 23.1 Å². The highest BCUT2D eigenvalue weighted by Crippen LogP contribution is 2.28. The summed E-state index contributed by atoms with van der Waals surface area (Å²) in [6.45, 7) is 2.00. The Bertz CT molecular complexity index is 890. The molecule has 0 fully saturated rings. The Kier molecular flexibility index (Phi) is 3.89. The standard InChI is InChI=1S/C17H17N3O3/c1-11-7-8-13(20(11)2)10-18-19-17(21)15-9-12-5-4-6-14(22-3)16(12)23-15/h4-10H,1-3H3,(H,19,21)/b18-10+. The van der Waals surface area contributed by atoms with Gasteiger partial charge in [0, 0.05) is 18.1 Å². The molecule has 0 bridgehead atoms. The summed E-state index contributed by atoms with van der Waals surface area (Å²) in [5.74, 6) is 0.361. The quantitative estimate of drug-likeness (QED) is 0.595. The first kappa shape index (κ1) is 14.9. The smallest absolute Gasteiger partial charge is 0.307 e. The molecule has 1 amide bonds. The van der Waals surface area contributed by atoms with Gasteiger partial charge in [0.2, 0.25) is 0 Å². The molecule has 0 atom stereocenters. The molecule has 3 rings (SSSR count). The predicted molar refractivity (Wildman–Crippen MR) is 88.0 cm³/mol. The minimum absolute atomic E-state index is 0.185. The van der Waals surface area contributed by atoms with Crippen LogP contribution in [0.2, 0.25) is 0 Å². The number of nitrogens with zero attached hydrogens (tertiary/aromatic N) is 2. The van der Waals surface area contributed by atoms with Crippen molar-refractivity contribution in [1.82, 2.24) is 9.99 Å². The number of rotatable bonds is 4. The van der Waals surface area contributed by atoms with Gasteiger partial charge in [-0.2, -0.15) is 5.10 Å². The number of aromatic nitrogens is 1. The maximum atomic E-state index is 12.1. The maximum Gasteiger partial charge on any atom is 0.307 e. The van der Waals surface area contributed by atoms with Gasteiger partial charge in [0.15, 0.2) is 17.1 Å². The van der Waals surface area contributed by atoms with Crippen LogP contribution in [0.25, 0.3) is 11.0 Å². The van der Waals surface area contributed by atoms with Gasteiger partial charge in [-0.3, -0.25) is 4.79 Å². The third-order valence-corrected chi connectivity index (χ3v) is 3.73. The van der Waals surface area contributed by atoms with E-state index in [0.717, 1.165) is 16.8 Å². The molecule has 6 heteroatoms. The summed E-state index contributed by atoms with van der Waals surface area (Å²) in [4.78, 5) is 12.1. The van der Waals surface area contributed by atoms with E-state index in [2.05, 4.69) is 10.5 Å². The van der Waals surface area contributed by atoms with Gasteiger partial charge in [0.1, 0.15) is 0 Å². The van der Waals surface area contributed by atoms with E-state index in [4.69, 9.17) is 9.15 Å². The van der Waals surface area contributed by atoms with E-state index in [9.17, 15) is 4.79 Å². The molecule has 23 heavy (non-hydrogen) atoms. The summed E-state index contributed by atoms with van der Waals surface area (Å²) in [7, 11) is 3.49. The maximum absolute atomic E-state index is 12.1. The number of carbonyl (C=O) groups excluding carboxylic acids is 1. The second-order valence-corrected chi connectivity index (χ2v) is 5.15. The minimum atomic E-state index is -0.412. The van der Waals surface area contributed by atoms with Crippen molar-refractivity contribution in [2.45, 2.75) is 6.92 Å². The fourth-order valence-electron chi connectivity index (χ4n) is 2.28. The van der Waals surface area contributed by atoms with E-state index in [0.29, 0.717) is 11.3 Å². The van der Waals surface area contributed by atoms with Gasteiger partial charge >= 0.3 is 5.91 Å². The Hall–Kier alpha value is -3.02. The van der Waals surface area contributed by atoms with E-state index >= 15 is 0 Å². The second-order valence-electron chi connectivity index (χ2n) is 5.15. The first-order valence-electron chi connectivity index (χ1n) is 7.12. The van der Waals surface area contributed by atoms with Crippen LogP contribution >= 0.6 is 0 Å². The van der Waals surface area contributed by atoms with Crippen molar-refractivity contribution in [1.29, 1.82) is 0 Å². The van der Waals surface area contributed by atoms with E-state index in [1.54, 1.807) is 25.5 Å². The van der Waals surface area contributed by atoms with Crippen LogP contribution in [0.1, 0.15) is 21.9 Å². The molecule has 0 saturated carbocycles. The van der Waals surface area contributed by atoms with Crippen LogP contribution in [-0.4, -0.2) is 23.8 Å². The molecular formula is C17H17N3O3. The van der Waals surface area contributed by atoms with Crippen molar-refractivity contribution in [2.75, 3.05) is 7.11 Å². The van der Waals surface area contributed by atoms with E-state index in [1.165, 1.54) is 0 Å². The van der Waals surface area contributed by atoms with Crippen molar-refractivity contribution in [2.24, 2.45) is 12.1 Å². The van der Waals surface area contributed by atoms with Gasteiger partial charge in [-0.25, -0.2) is 5.43 Å². The Labute approximate surface area is 133 Å². The molecule has 0 aliphatic rings. The fraction of sp³-hybridized carbons (Fsp3) is 0.176. The van der Waals surface area contributed by atoms with Crippen LogP contribution in [0.5, 0.6) is 5.75 Å². The monoisotopic (exact) mass is 311 g/mol. The van der Waals surface area contributed by atoms with Crippen LogP contribution < -0.4 is 10.2 Å². The Morgan fingerprint density at radius 2 is 2.17 bits per heavy atom. The Morgan fingerprint density at radius 3 is 2.87 bits per heavy atom. The second kappa shape index (κ2) is 6.00. The lowest BCUT2D eigenvalue weighted by atomic mass is 10.2. The lowest BCUT2D eigenvalue weighted by Crippen LogP contribution is -2.17. The number of hydrogen-bond donors (Lipinski definition) is 1. The normalized spacial score (nSPS) is 11.3. The van der Waals surface area contributed by atoms with Crippen LogP contribution in [0.4, 0.5) is 0 Å². The summed E-state index contributed by atoms with van der Waals surface area (Å²) >= 11 is 0. The topological polar surface area (TPSA) is 68.8 Å². The van der Waals surface area contributed by atoms with Crippen molar-refractivity contribution in [3.63, 3.8) is 0 Å². The molecule has 2 heterocycles. The third kappa shape index (κ3) is 2.83. The minimum Gasteiger partial charge on any atom is -0.493 e. The number of carbonyl (C=O) groups is 1. The van der Waals surface area contributed by atoms with E-state index < -0.39 is 5.91 Å². The Morgan fingerprint density at radius 1 is 1.35 bits per heavy atom. The number of furan rings is 1. The van der Waals surface area contributed by atoms with Crippen LogP contribution in [0.15, 0.2) is 45.9 Å². The lowest BCUT2D eigenvalue weighted by molar-refractivity contribution is 0.0929. The number of methoxy groups -OCH3 is 1. The summed E-state index contributed by atoms with van der Waals surface area (Å²) in [5.41, 5.74) is 5.02. The molecule has 0 saturated heterocycles. The SMILES string of the molecule is COc1cccc2cc(C(=O)N/N=C/c3ccc(C)n3C)oc12. The number of aryl methyl sites for hydroxylation is 1. The zero-order valence-corrected chi connectivity index (χ0v) is 13.2. The first-order valence-corrected chi connectivity index (χ1v) is 7.12. The van der Waals surface area contributed by atoms with Gasteiger partial charge < -0.3 is 13.7 Å². The molecule has 0 aliphatic carbocycles. The summed E-state index contributed by atoms with van der Waals surface area (Å²) in [6, 6.07) is 11.0. The molecular weight excluding hydrogens is 294 g/mol. The highest BCUT2D eigenvalue weighted by atomic mass is 16.5. The van der Waals surface area contributed by atoms with Gasteiger partial charge in [-0.05, 0) is 31.2 Å². The zero-order chi connectivity index (χ0) is 16.4. The van der Waals surface area contributed by atoms with Crippen molar-refractivity contribution in [3.8, 4) is 5.75 Å². The zero-order valence-electron chi connectivity index (χ0n) is 13.2. The molecule has 2 aromatic heterocycles. The molecule has 0 radical (unpaired) electrons. The van der Waals surface area contributed by atoms with Crippen LogP contribution in [-0.2, 0) is 7.05 Å². The Balaban J connectivity index is 1.77. The van der Waals surface area contributed by atoms with E-state index in [1.807, 2.05) is 42.8 Å². The van der Waals surface area contributed by atoms with Gasteiger partial charge in [0.25, 0.3) is 0 Å². The van der Waals surface area contributed by atoms with Gasteiger partial charge in [-0.15, -0.1) is 0 Å². The van der Waals surface area contributed by atoms with Gasteiger partial charge in [-0.1, -0.05) is 12.1 Å². The molecule has 118 valence electrons. The summed E-state index contributed by atoms with van der Waals surface area (Å²) in [6.07, 6.45) is 1.59. The van der Waals surface area contributed by atoms with E-state index in [-0.39, 0.29) is 5.76 Å². The average molecular weight is 311 g/mol. The molecule has 1 N–H and O–H groups in total. The number of amides is 1. The predicted octanol–water partition coefficient (Wildman–Crippen LogP) is 2.85. The lowest BCUT2D eigenvalue weighted by Gasteiger charge is -2.00. The van der Waals surface area contributed by atoms with Crippen molar-refractivity contribution < 1.29 is 13.9 Å². The van der Waals surface area contributed by atoms with Crippen LogP contribution in [0.3, 0.4) is 0 Å². The first-order chi connectivity index (χ1) is 11.1. The molecule has 1 aromatic carbocycles. The highest BCUT2D eigenvalue weighted by molar-refractivity contribution is 5.97. The molecule has 0 spiro atoms. The van der Waals surface area contributed by atoms with Gasteiger partial charge in [0.05, 0.1) is 19.0 Å². The number of hydrogen-bond acceptors (Lipinski definition) is 4. The third-order valence-electron chi connectivity index (χ3n) is 3.73. The molecule has 3 aromatic rings. The number of para-hydroxylation sites is 1. The molecule has 0 unspecified atom stereocenters. The number of ether oxygens (including phenoxy) is 1. The number of benzene rings is 1. The number of nitrogens with one attached hydrogen (secondary N) is 1. The number of hydrazone groups is 1. The average Bonchev–Trinajstić information content (AvgIpc) is 3.12. The fourth-order valence-corrected chi connectivity index (χ4v) is 2.28. The number of fused-ring (bicyclic) bond motifs is 1. The summed E-state index contributed by atoms with van der Waals surface area (Å²) < 4.78 is 12.8.